The van der Waals surface area contributed by atoms with Gasteiger partial charge >= 0.3 is 11.9 Å². The fourth-order valence-electron chi connectivity index (χ4n) is 1.31. The van der Waals surface area contributed by atoms with E-state index in [1.54, 1.807) is 0 Å². The molecule has 0 aromatic carbocycles. The van der Waals surface area contributed by atoms with Crippen molar-refractivity contribution in [2.45, 2.75) is 38.0 Å². The Morgan fingerprint density at radius 1 is 1.10 bits per heavy atom. The van der Waals surface area contributed by atoms with Crippen molar-refractivity contribution in [1.29, 1.82) is 0 Å². The molecular formula is C11H19N3O7. The lowest BCUT2D eigenvalue weighted by atomic mass is 10.1. The Kier molecular flexibility index (Phi) is 7.94. The van der Waals surface area contributed by atoms with Gasteiger partial charge in [0.2, 0.25) is 11.8 Å². The summed E-state index contributed by atoms with van der Waals surface area (Å²) in [5.74, 6) is -4.15. The molecule has 3 unspecified atom stereocenters. The second-order valence-corrected chi connectivity index (χ2v) is 4.37. The lowest BCUT2D eigenvalue weighted by molar-refractivity contribution is -0.140. The third-order valence-corrected chi connectivity index (χ3v) is 2.52. The standard InChI is InChI=1S/C11H19N3O7/c1-5(15)9(12)11(21)14-6(2-3-7(16)17)10(20)13-4-8(18)19/h5-6,9,15H,2-4,12H2,1H3,(H,13,20)(H,14,21)(H,16,17)(H,18,19). The molecule has 0 spiro atoms. The van der Waals surface area contributed by atoms with Crippen LogP contribution in [0, 0.1) is 0 Å². The van der Waals surface area contributed by atoms with Crippen molar-refractivity contribution in [3.8, 4) is 0 Å². The highest BCUT2D eigenvalue weighted by Gasteiger charge is 2.26. The van der Waals surface area contributed by atoms with Crippen LogP contribution in [0.3, 0.4) is 0 Å². The predicted octanol–water partition coefficient (Wildman–Crippen LogP) is -2.76. The summed E-state index contributed by atoms with van der Waals surface area (Å²) < 4.78 is 0. The van der Waals surface area contributed by atoms with E-state index < -0.39 is 54.9 Å². The third kappa shape index (κ3) is 7.84. The van der Waals surface area contributed by atoms with Crippen molar-refractivity contribution in [3.63, 3.8) is 0 Å². The van der Waals surface area contributed by atoms with Crippen LogP contribution in [0.2, 0.25) is 0 Å². The number of hydrogen-bond acceptors (Lipinski definition) is 6. The van der Waals surface area contributed by atoms with Crippen molar-refractivity contribution in [1.82, 2.24) is 10.6 Å². The minimum Gasteiger partial charge on any atom is -0.481 e. The monoisotopic (exact) mass is 305 g/mol. The van der Waals surface area contributed by atoms with Crippen LogP contribution in [0.1, 0.15) is 19.8 Å². The van der Waals surface area contributed by atoms with Gasteiger partial charge in [0.05, 0.1) is 6.10 Å². The summed E-state index contributed by atoms with van der Waals surface area (Å²) in [6, 6.07) is -2.54. The van der Waals surface area contributed by atoms with Gasteiger partial charge in [-0.15, -0.1) is 0 Å². The Morgan fingerprint density at radius 3 is 2.10 bits per heavy atom. The predicted molar refractivity (Wildman–Crippen MR) is 69.1 cm³/mol. The van der Waals surface area contributed by atoms with Gasteiger partial charge in [0, 0.05) is 6.42 Å². The van der Waals surface area contributed by atoms with Crippen molar-refractivity contribution in [2.75, 3.05) is 6.54 Å². The summed E-state index contributed by atoms with van der Waals surface area (Å²) >= 11 is 0. The summed E-state index contributed by atoms with van der Waals surface area (Å²) in [5, 5.41) is 30.4. The molecule has 10 nitrogen and oxygen atoms in total. The number of aliphatic hydroxyl groups excluding tert-OH is 1. The molecule has 0 saturated carbocycles. The number of nitrogens with one attached hydrogen (secondary N) is 2. The minimum absolute atomic E-state index is 0.237. The van der Waals surface area contributed by atoms with Crippen molar-refractivity contribution < 1.29 is 34.5 Å². The van der Waals surface area contributed by atoms with E-state index in [4.69, 9.17) is 15.9 Å². The van der Waals surface area contributed by atoms with E-state index in [1.807, 2.05) is 5.32 Å². The number of aliphatic hydroxyl groups is 1. The molecule has 0 aliphatic heterocycles. The van der Waals surface area contributed by atoms with Gasteiger partial charge in [-0.25, -0.2) is 0 Å². The number of amides is 2. The molecule has 0 aliphatic carbocycles. The number of aliphatic carboxylic acids is 2. The Hall–Kier alpha value is -2.20. The normalized spacial score (nSPS) is 14.6. The van der Waals surface area contributed by atoms with E-state index in [2.05, 4.69) is 5.32 Å². The zero-order valence-corrected chi connectivity index (χ0v) is 11.4. The van der Waals surface area contributed by atoms with Gasteiger partial charge in [0.1, 0.15) is 18.6 Å². The Balaban J connectivity index is 4.72. The zero-order valence-electron chi connectivity index (χ0n) is 11.4. The highest BCUT2D eigenvalue weighted by atomic mass is 16.4. The van der Waals surface area contributed by atoms with E-state index in [1.165, 1.54) is 6.92 Å². The maximum absolute atomic E-state index is 11.7. The topological polar surface area (TPSA) is 179 Å². The quantitative estimate of drug-likeness (QED) is 0.265. The number of hydrogen-bond donors (Lipinski definition) is 6. The first-order valence-corrected chi connectivity index (χ1v) is 6.10. The van der Waals surface area contributed by atoms with E-state index in [0.717, 1.165) is 0 Å². The highest BCUT2D eigenvalue weighted by Crippen LogP contribution is 2.00. The number of carboxylic acid groups (broad SMARTS) is 2. The third-order valence-electron chi connectivity index (χ3n) is 2.52. The van der Waals surface area contributed by atoms with E-state index >= 15 is 0 Å². The highest BCUT2D eigenvalue weighted by molar-refractivity contribution is 5.91. The Bertz CT molecular complexity index is 411. The molecule has 0 radical (unpaired) electrons. The Labute approximate surface area is 120 Å². The van der Waals surface area contributed by atoms with Crippen molar-refractivity contribution in [3.05, 3.63) is 0 Å². The van der Waals surface area contributed by atoms with Gasteiger partial charge in [-0.2, -0.15) is 0 Å². The zero-order chi connectivity index (χ0) is 16.6. The smallest absolute Gasteiger partial charge is 0.322 e. The van der Waals surface area contributed by atoms with Crippen LogP contribution in [0.15, 0.2) is 0 Å². The lowest BCUT2D eigenvalue weighted by Crippen LogP contribution is -2.54. The molecule has 0 fully saturated rings. The van der Waals surface area contributed by atoms with Gasteiger partial charge in [-0.05, 0) is 13.3 Å². The first-order chi connectivity index (χ1) is 9.65. The number of rotatable bonds is 9. The fourth-order valence-corrected chi connectivity index (χ4v) is 1.31. The molecule has 0 rings (SSSR count). The lowest BCUT2D eigenvalue weighted by Gasteiger charge is -2.21. The molecule has 0 bridgehead atoms. The Morgan fingerprint density at radius 2 is 1.67 bits per heavy atom. The van der Waals surface area contributed by atoms with Crippen LogP contribution >= 0.6 is 0 Å². The van der Waals surface area contributed by atoms with Gasteiger partial charge in [0.15, 0.2) is 0 Å². The average molecular weight is 305 g/mol. The SMILES string of the molecule is CC(O)C(N)C(=O)NC(CCC(=O)O)C(=O)NCC(=O)O. The molecule has 120 valence electrons. The summed E-state index contributed by atoms with van der Waals surface area (Å²) in [5.41, 5.74) is 5.38. The van der Waals surface area contributed by atoms with E-state index in [-0.39, 0.29) is 6.42 Å². The van der Waals surface area contributed by atoms with Crippen molar-refractivity contribution in [2.24, 2.45) is 5.73 Å². The maximum Gasteiger partial charge on any atom is 0.322 e. The van der Waals surface area contributed by atoms with Gasteiger partial charge in [-0.3, -0.25) is 19.2 Å². The number of carboxylic acids is 2. The van der Waals surface area contributed by atoms with Crippen molar-refractivity contribution >= 4 is 23.8 Å². The molecule has 21 heavy (non-hydrogen) atoms. The molecular weight excluding hydrogens is 286 g/mol. The average Bonchev–Trinajstić information content (AvgIpc) is 2.38. The number of carbonyl (C=O) groups excluding carboxylic acids is 2. The van der Waals surface area contributed by atoms with E-state index in [0.29, 0.717) is 0 Å². The molecule has 2 amide bonds. The first kappa shape index (κ1) is 18.8. The first-order valence-electron chi connectivity index (χ1n) is 6.10. The van der Waals surface area contributed by atoms with Crippen LogP contribution in [-0.4, -0.2) is 63.8 Å². The molecule has 3 atom stereocenters. The molecule has 7 N–H and O–H groups in total. The molecule has 0 saturated heterocycles. The van der Waals surface area contributed by atoms with Crippen LogP contribution in [0.25, 0.3) is 0 Å². The molecule has 0 aliphatic rings. The maximum atomic E-state index is 11.7. The molecule has 0 aromatic heterocycles. The van der Waals surface area contributed by atoms with Crippen LogP contribution in [0.4, 0.5) is 0 Å². The largest absolute Gasteiger partial charge is 0.481 e. The van der Waals surface area contributed by atoms with Crippen LogP contribution in [0.5, 0.6) is 0 Å². The second-order valence-electron chi connectivity index (χ2n) is 4.37. The summed E-state index contributed by atoms with van der Waals surface area (Å²) in [6.45, 7) is 0.613. The molecule has 10 heteroatoms. The van der Waals surface area contributed by atoms with Gasteiger partial charge < -0.3 is 31.7 Å². The van der Waals surface area contributed by atoms with Crippen LogP contribution in [-0.2, 0) is 19.2 Å². The summed E-state index contributed by atoms with van der Waals surface area (Å²) in [7, 11) is 0. The summed E-state index contributed by atoms with van der Waals surface area (Å²) in [4.78, 5) is 44.2. The number of carbonyl (C=O) groups is 4. The summed E-state index contributed by atoms with van der Waals surface area (Å²) in [6.07, 6.45) is -1.80. The fraction of sp³-hybridized carbons (Fsp3) is 0.636. The number of nitrogens with two attached hydrogens (primary N) is 1. The molecule has 0 aromatic rings. The second kappa shape index (κ2) is 8.87. The van der Waals surface area contributed by atoms with Gasteiger partial charge in [0.25, 0.3) is 0 Å². The van der Waals surface area contributed by atoms with Gasteiger partial charge in [-0.1, -0.05) is 0 Å². The van der Waals surface area contributed by atoms with Crippen LogP contribution < -0.4 is 16.4 Å². The molecule has 0 heterocycles. The van der Waals surface area contributed by atoms with E-state index in [9.17, 15) is 24.3 Å². The minimum atomic E-state index is -1.29.